The molecule has 0 fully saturated rings. The molecule has 0 radical (unpaired) electrons. The first-order valence-corrected chi connectivity index (χ1v) is 9.21. The van der Waals surface area contributed by atoms with Crippen LogP contribution in [-0.2, 0) is 17.6 Å². The number of nitrogens with one attached hydrogen (secondary N) is 1. The highest BCUT2D eigenvalue weighted by atomic mass is 35.5. The lowest BCUT2D eigenvalue weighted by atomic mass is 9.86. The van der Waals surface area contributed by atoms with E-state index in [4.69, 9.17) is 23.2 Å². The molecule has 0 saturated heterocycles. The van der Waals surface area contributed by atoms with Crippen molar-refractivity contribution >= 4 is 40.1 Å². The number of fused-ring (bicyclic) bond motifs is 1. The Morgan fingerprint density at radius 3 is 2.38 bits per heavy atom. The summed E-state index contributed by atoms with van der Waals surface area (Å²) in [5.41, 5.74) is 4.29. The van der Waals surface area contributed by atoms with Crippen LogP contribution in [0.5, 0.6) is 0 Å². The molecule has 0 aliphatic rings. The molecule has 5 heteroatoms. The van der Waals surface area contributed by atoms with Crippen LogP contribution in [0.25, 0.3) is 10.9 Å². The summed E-state index contributed by atoms with van der Waals surface area (Å²) in [6, 6.07) is 11.6. The van der Waals surface area contributed by atoms with Gasteiger partial charge in [-0.25, -0.2) is 0 Å². The molecule has 3 aromatic rings. The van der Waals surface area contributed by atoms with Crippen LogP contribution in [0.2, 0.25) is 10.0 Å². The zero-order valence-electron chi connectivity index (χ0n) is 15.0. The number of H-pyrrole nitrogens is 1. The monoisotopic (exact) mass is 389 g/mol. The SMILES string of the molecule is Cc1c(CC(C)(C)C(=O)O)[nH]c2ccc(Cl)c(Cc3ccc(Cl)cc3)c12. The van der Waals surface area contributed by atoms with E-state index in [1.54, 1.807) is 13.8 Å². The molecule has 3 rings (SSSR count). The number of carbonyl (C=O) groups is 1. The number of benzene rings is 2. The van der Waals surface area contributed by atoms with Crippen molar-refractivity contribution in [2.75, 3.05) is 0 Å². The van der Waals surface area contributed by atoms with Gasteiger partial charge in [0.25, 0.3) is 0 Å². The molecule has 26 heavy (non-hydrogen) atoms. The maximum atomic E-state index is 11.5. The van der Waals surface area contributed by atoms with Crippen LogP contribution in [0.3, 0.4) is 0 Å². The van der Waals surface area contributed by atoms with Gasteiger partial charge in [0.15, 0.2) is 0 Å². The van der Waals surface area contributed by atoms with E-state index >= 15 is 0 Å². The van der Waals surface area contributed by atoms with Crippen LogP contribution in [0.1, 0.15) is 36.2 Å². The Morgan fingerprint density at radius 1 is 1.12 bits per heavy atom. The summed E-state index contributed by atoms with van der Waals surface area (Å²) < 4.78 is 0. The second kappa shape index (κ2) is 6.98. The number of aryl methyl sites for hydroxylation is 1. The minimum absolute atomic E-state index is 0.431. The van der Waals surface area contributed by atoms with Crippen LogP contribution >= 0.6 is 23.2 Å². The van der Waals surface area contributed by atoms with Gasteiger partial charge in [-0.1, -0.05) is 35.3 Å². The molecule has 1 heterocycles. The molecule has 136 valence electrons. The Kier molecular flexibility index (Phi) is 5.05. The number of hydrogen-bond donors (Lipinski definition) is 2. The fraction of sp³-hybridized carbons (Fsp3) is 0.286. The molecule has 3 nitrogen and oxygen atoms in total. The fourth-order valence-electron chi connectivity index (χ4n) is 3.24. The molecule has 2 N–H and O–H groups in total. The maximum absolute atomic E-state index is 11.5. The Balaban J connectivity index is 2.07. The molecule has 0 aliphatic heterocycles. The zero-order chi connectivity index (χ0) is 19.1. The molecular formula is C21H21Cl2NO2. The quantitative estimate of drug-likeness (QED) is 0.559. The van der Waals surface area contributed by atoms with Crippen LogP contribution in [0.15, 0.2) is 36.4 Å². The minimum atomic E-state index is -0.841. The van der Waals surface area contributed by atoms with E-state index in [0.717, 1.165) is 33.3 Å². The number of aromatic amines is 1. The van der Waals surface area contributed by atoms with Crippen LogP contribution in [0.4, 0.5) is 0 Å². The van der Waals surface area contributed by atoms with Gasteiger partial charge in [0.05, 0.1) is 5.41 Å². The van der Waals surface area contributed by atoms with Gasteiger partial charge in [-0.3, -0.25) is 4.79 Å². The summed E-state index contributed by atoms with van der Waals surface area (Å²) in [5.74, 6) is -0.810. The molecule has 0 spiro atoms. The van der Waals surface area contributed by atoms with E-state index in [0.29, 0.717) is 22.9 Å². The topological polar surface area (TPSA) is 53.1 Å². The number of rotatable bonds is 5. The van der Waals surface area contributed by atoms with Gasteiger partial charge in [-0.15, -0.1) is 0 Å². The van der Waals surface area contributed by atoms with Gasteiger partial charge in [0, 0.05) is 33.1 Å². The van der Waals surface area contributed by atoms with E-state index < -0.39 is 11.4 Å². The summed E-state index contributed by atoms with van der Waals surface area (Å²) in [5, 5.41) is 11.9. The lowest BCUT2D eigenvalue weighted by Crippen LogP contribution is -2.26. The normalized spacial score (nSPS) is 11.9. The Labute approximate surface area is 162 Å². The lowest BCUT2D eigenvalue weighted by molar-refractivity contribution is -0.146. The molecule has 0 unspecified atom stereocenters. The van der Waals surface area contributed by atoms with E-state index in [1.165, 1.54) is 0 Å². The van der Waals surface area contributed by atoms with Crippen molar-refractivity contribution in [2.24, 2.45) is 5.41 Å². The third kappa shape index (κ3) is 3.60. The number of carboxylic acid groups (broad SMARTS) is 1. The summed E-state index contributed by atoms with van der Waals surface area (Å²) in [6.45, 7) is 5.50. The van der Waals surface area contributed by atoms with Crippen LogP contribution < -0.4 is 0 Å². The van der Waals surface area contributed by atoms with Crippen molar-refractivity contribution < 1.29 is 9.90 Å². The average molecular weight is 390 g/mol. The molecule has 0 amide bonds. The predicted molar refractivity (Wildman–Crippen MR) is 107 cm³/mol. The summed E-state index contributed by atoms with van der Waals surface area (Å²) in [7, 11) is 0. The van der Waals surface area contributed by atoms with Crippen LogP contribution in [-0.4, -0.2) is 16.1 Å². The van der Waals surface area contributed by atoms with Crippen molar-refractivity contribution in [2.45, 2.75) is 33.6 Å². The van der Waals surface area contributed by atoms with E-state index in [-0.39, 0.29) is 0 Å². The Hall–Kier alpha value is -1.97. The molecule has 1 aromatic heterocycles. The molecule has 2 aromatic carbocycles. The largest absolute Gasteiger partial charge is 0.481 e. The third-order valence-electron chi connectivity index (χ3n) is 4.86. The van der Waals surface area contributed by atoms with Crippen molar-refractivity contribution in [3.63, 3.8) is 0 Å². The van der Waals surface area contributed by atoms with E-state index in [2.05, 4.69) is 4.98 Å². The van der Waals surface area contributed by atoms with Gasteiger partial charge < -0.3 is 10.1 Å². The highest BCUT2D eigenvalue weighted by molar-refractivity contribution is 6.32. The number of aromatic nitrogens is 1. The van der Waals surface area contributed by atoms with Crippen molar-refractivity contribution in [1.82, 2.24) is 4.98 Å². The minimum Gasteiger partial charge on any atom is -0.481 e. The molecular weight excluding hydrogens is 369 g/mol. The first-order valence-electron chi connectivity index (χ1n) is 8.45. The number of halogens is 2. The van der Waals surface area contributed by atoms with Crippen LogP contribution in [0, 0.1) is 12.3 Å². The maximum Gasteiger partial charge on any atom is 0.309 e. The first-order chi connectivity index (χ1) is 12.2. The molecule has 0 bridgehead atoms. The van der Waals surface area contributed by atoms with Crippen molar-refractivity contribution in [1.29, 1.82) is 0 Å². The standard InChI is InChI=1S/C21H21Cl2NO2/c1-12-18(11-21(2,3)20(25)26)24-17-9-8-16(23)15(19(12)17)10-13-4-6-14(22)7-5-13/h4-9,24H,10-11H2,1-3H3,(H,25,26). The number of aliphatic carboxylic acids is 1. The summed E-state index contributed by atoms with van der Waals surface area (Å²) in [4.78, 5) is 14.9. The predicted octanol–water partition coefficient (Wildman–Crippen LogP) is 6.03. The fourth-order valence-corrected chi connectivity index (χ4v) is 3.59. The highest BCUT2D eigenvalue weighted by Gasteiger charge is 2.29. The molecule has 0 atom stereocenters. The smallest absolute Gasteiger partial charge is 0.309 e. The number of carboxylic acids is 1. The third-order valence-corrected chi connectivity index (χ3v) is 5.47. The lowest BCUT2D eigenvalue weighted by Gasteiger charge is -2.18. The van der Waals surface area contributed by atoms with E-state index in [1.807, 2.05) is 43.3 Å². The Bertz CT molecular complexity index is 972. The molecule has 0 saturated carbocycles. The van der Waals surface area contributed by atoms with Crippen molar-refractivity contribution in [3.8, 4) is 0 Å². The number of hydrogen-bond acceptors (Lipinski definition) is 1. The zero-order valence-corrected chi connectivity index (χ0v) is 16.5. The Morgan fingerprint density at radius 2 is 1.77 bits per heavy atom. The van der Waals surface area contributed by atoms with Gasteiger partial charge in [0.1, 0.15) is 0 Å². The highest BCUT2D eigenvalue weighted by Crippen LogP contribution is 2.34. The van der Waals surface area contributed by atoms with Gasteiger partial charge in [0.2, 0.25) is 0 Å². The first kappa shape index (κ1) is 18.8. The molecule has 0 aliphatic carbocycles. The second-order valence-electron chi connectivity index (χ2n) is 7.35. The van der Waals surface area contributed by atoms with E-state index in [9.17, 15) is 9.90 Å². The van der Waals surface area contributed by atoms with Gasteiger partial charge in [-0.2, -0.15) is 0 Å². The average Bonchev–Trinajstić information content (AvgIpc) is 2.88. The van der Waals surface area contributed by atoms with Gasteiger partial charge >= 0.3 is 5.97 Å². The van der Waals surface area contributed by atoms with Crippen molar-refractivity contribution in [3.05, 3.63) is 68.8 Å². The summed E-state index contributed by atoms with van der Waals surface area (Å²) >= 11 is 12.5. The summed E-state index contributed by atoms with van der Waals surface area (Å²) in [6.07, 6.45) is 1.12. The second-order valence-corrected chi connectivity index (χ2v) is 8.19. The van der Waals surface area contributed by atoms with Gasteiger partial charge in [-0.05, 0) is 68.1 Å².